The summed E-state index contributed by atoms with van der Waals surface area (Å²) >= 11 is 7.20. The number of nitrogens with one attached hydrogen (secondary N) is 1. The van der Waals surface area contributed by atoms with Crippen LogP contribution in [0.2, 0.25) is 5.02 Å². The fourth-order valence-corrected chi connectivity index (χ4v) is 3.92. The average Bonchev–Trinajstić information content (AvgIpc) is 3.32. The largest absolute Gasteiger partial charge is 0.497 e. The van der Waals surface area contributed by atoms with Crippen molar-refractivity contribution in [2.24, 2.45) is 0 Å². The van der Waals surface area contributed by atoms with Gasteiger partial charge >= 0.3 is 0 Å². The minimum atomic E-state index is -0.627. The van der Waals surface area contributed by atoms with Crippen LogP contribution in [0, 0.1) is 5.82 Å². The summed E-state index contributed by atoms with van der Waals surface area (Å²) in [6.07, 6.45) is 0. The molecular weight excluding hydrogens is 415 g/mol. The summed E-state index contributed by atoms with van der Waals surface area (Å²) in [5.74, 6) is -1.01. The van der Waals surface area contributed by atoms with E-state index in [1.165, 1.54) is 23.5 Å². The van der Waals surface area contributed by atoms with Gasteiger partial charge in [-0.2, -0.15) is 0 Å². The highest BCUT2D eigenvalue weighted by Gasteiger charge is 2.40. The summed E-state index contributed by atoms with van der Waals surface area (Å²) in [7, 11) is 1.56. The molecule has 0 saturated heterocycles. The number of methoxy groups -OCH3 is 1. The first-order chi connectivity index (χ1) is 14.0. The first-order valence-electron chi connectivity index (χ1n) is 8.52. The van der Waals surface area contributed by atoms with Crippen LogP contribution in [0.3, 0.4) is 0 Å². The third-order valence-corrected chi connectivity index (χ3v) is 5.55. The Morgan fingerprint density at radius 2 is 1.83 bits per heavy atom. The van der Waals surface area contributed by atoms with E-state index < -0.39 is 17.6 Å². The number of nitrogens with zero attached hydrogens (tertiary/aromatic N) is 1. The fraction of sp³-hybridized carbons (Fsp3) is 0.0476. The number of carbonyl (C=O) groups excluding carboxylic acids is 2. The van der Waals surface area contributed by atoms with Gasteiger partial charge in [0, 0.05) is 10.6 Å². The molecule has 29 heavy (non-hydrogen) atoms. The van der Waals surface area contributed by atoms with Crippen molar-refractivity contribution in [2.75, 3.05) is 17.3 Å². The van der Waals surface area contributed by atoms with Crippen LogP contribution in [0.1, 0.15) is 4.88 Å². The molecule has 1 N–H and O–H groups in total. The minimum Gasteiger partial charge on any atom is -0.497 e. The number of ether oxygens (including phenoxy) is 1. The Morgan fingerprint density at radius 1 is 1.07 bits per heavy atom. The molecule has 1 aliphatic heterocycles. The highest BCUT2D eigenvalue weighted by atomic mass is 35.5. The van der Waals surface area contributed by atoms with Gasteiger partial charge in [-0.05, 0) is 53.9 Å². The molecule has 0 saturated carbocycles. The summed E-state index contributed by atoms with van der Waals surface area (Å²) in [5, 5.41) is 4.70. The van der Waals surface area contributed by atoms with Gasteiger partial charge in [0.05, 0.1) is 23.4 Å². The van der Waals surface area contributed by atoms with Gasteiger partial charge in [-0.15, -0.1) is 11.3 Å². The molecular formula is C21H14ClFN2O3S. The molecule has 0 unspecified atom stereocenters. The zero-order valence-electron chi connectivity index (χ0n) is 15.1. The number of hydrogen-bond acceptors (Lipinski definition) is 5. The molecule has 0 aliphatic carbocycles. The van der Waals surface area contributed by atoms with Crippen LogP contribution < -0.4 is 15.0 Å². The van der Waals surface area contributed by atoms with Crippen molar-refractivity contribution >= 4 is 51.7 Å². The Labute approximate surface area is 175 Å². The highest BCUT2D eigenvalue weighted by Crippen LogP contribution is 2.36. The number of hydrogen-bond donors (Lipinski definition) is 1. The van der Waals surface area contributed by atoms with Crippen molar-refractivity contribution < 1.29 is 18.7 Å². The Morgan fingerprint density at radius 3 is 2.45 bits per heavy atom. The predicted molar refractivity (Wildman–Crippen MR) is 112 cm³/mol. The zero-order chi connectivity index (χ0) is 20.5. The van der Waals surface area contributed by atoms with Crippen molar-refractivity contribution in [1.82, 2.24) is 0 Å². The summed E-state index contributed by atoms with van der Waals surface area (Å²) in [6.45, 7) is 0. The van der Waals surface area contributed by atoms with Gasteiger partial charge in [0.2, 0.25) is 0 Å². The van der Waals surface area contributed by atoms with Crippen molar-refractivity contribution in [3.05, 3.63) is 81.4 Å². The molecule has 3 aromatic rings. The Kier molecular flexibility index (Phi) is 5.08. The van der Waals surface area contributed by atoms with Gasteiger partial charge in [0.25, 0.3) is 11.8 Å². The summed E-state index contributed by atoms with van der Waals surface area (Å²) in [5.41, 5.74) is 1.21. The van der Waals surface area contributed by atoms with Crippen molar-refractivity contribution in [1.29, 1.82) is 0 Å². The van der Waals surface area contributed by atoms with E-state index in [0.717, 1.165) is 11.0 Å². The minimum absolute atomic E-state index is 0.142. The van der Waals surface area contributed by atoms with Crippen molar-refractivity contribution in [3.8, 4) is 5.75 Å². The molecule has 8 heteroatoms. The topological polar surface area (TPSA) is 58.6 Å². The molecule has 0 spiro atoms. The fourth-order valence-electron chi connectivity index (χ4n) is 2.97. The van der Waals surface area contributed by atoms with Crippen LogP contribution in [0.4, 0.5) is 15.8 Å². The molecule has 0 fully saturated rings. The van der Waals surface area contributed by atoms with E-state index in [0.29, 0.717) is 16.3 Å². The van der Waals surface area contributed by atoms with E-state index in [2.05, 4.69) is 5.32 Å². The second kappa shape index (κ2) is 7.69. The Bertz CT molecular complexity index is 1130. The first kappa shape index (κ1) is 19.2. The molecule has 2 amide bonds. The maximum atomic E-state index is 13.6. The summed E-state index contributed by atoms with van der Waals surface area (Å²) in [4.78, 5) is 28.0. The number of benzene rings is 2. The van der Waals surface area contributed by atoms with Crippen LogP contribution in [-0.4, -0.2) is 18.9 Å². The number of rotatable bonds is 5. The molecule has 1 aliphatic rings. The molecule has 146 valence electrons. The van der Waals surface area contributed by atoms with Crippen LogP contribution in [0.15, 0.2) is 65.7 Å². The standard InChI is InChI=1S/C21H14ClFN2O3S/c1-28-14-7-4-12(5-8-14)24-19-18(17-3-2-10-29-17)20(26)25(21(19)27)13-6-9-16(23)15(22)11-13/h2-11,24H,1H3. The Hall–Kier alpha value is -3.16. The molecule has 0 bridgehead atoms. The Balaban J connectivity index is 1.76. The number of carbonyl (C=O) groups is 2. The number of imide groups is 1. The summed E-state index contributed by atoms with van der Waals surface area (Å²) < 4.78 is 18.7. The van der Waals surface area contributed by atoms with Crippen molar-refractivity contribution in [2.45, 2.75) is 0 Å². The lowest BCUT2D eigenvalue weighted by atomic mass is 10.2. The van der Waals surface area contributed by atoms with Gasteiger partial charge in [0.15, 0.2) is 0 Å². The van der Waals surface area contributed by atoms with Crippen LogP contribution >= 0.6 is 22.9 Å². The second-order valence-electron chi connectivity index (χ2n) is 6.12. The zero-order valence-corrected chi connectivity index (χ0v) is 16.7. The van der Waals surface area contributed by atoms with Crippen molar-refractivity contribution in [3.63, 3.8) is 0 Å². The van der Waals surface area contributed by atoms with Gasteiger partial charge in [0.1, 0.15) is 17.3 Å². The molecule has 0 radical (unpaired) electrons. The molecule has 4 rings (SSSR count). The number of anilines is 2. The van der Waals surface area contributed by atoms with E-state index in [9.17, 15) is 14.0 Å². The third kappa shape index (κ3) is 3.50. The van der Waals surface area contributed by atoms with E-state index >= 15 is 0 Å². The SMILES string of the molecule is COc1ccc(NC2=C(c3cccs3)C(=O)N(c3ccc(F)c(Cl)c3)C2=O)cc1. The lowest BCUT2D eigenvalue weighted by Gasteiger charge is -2.16. The smallest absolute Gasteiger partial charge is 0.282 e. The highest BCUT2D eigenvalue weighted by molar-refractivity contribution is 7.11. The number of amides is 2. The normalized spacial score (nSPS) is 14.0. The van der Waals surface area contributed by atoms with E-state index in [4.69, 9.17) is 16.3 Å². The maximum Gasteiger partial charge on any atom is 0.282 e. The predicted octanol–water partition coefficient (Wildman–Crippen LogP) is 4.95. The molecule has 0 atom stereocenters. The molecule has 2 aromatic carbocycles. The lowest BCUT2D eigenvalue weighted by molar-refractivity contribution is -0.120. The monoisotopic (exact) mass is 428 g/mol. The lowest BCUT2D eigenvalue weighted by Crippen LogP contribution is -2.32. The van der Waals surface area contributed by atoms with Gasteiger partial charge in [-0.25, -0.2) is 9.29 Å². The van der Waals surface area contributed by atoms with Crippen LogP contribution in [0.5, 0.6) is 5.75 Å². The van der Waals surface area contributed by atoms with Gasteiger partial charge in [-0.1, -0.05) is 17.7 Å². The summed E-state index contributed by atoms with van der Waals surface area (Å²) in [6, 6.07) is 14.3. The molecule has 2 heterocycles. The van der Waals surface area contributed by atoms with E-state index in [1.54, 1.807) is 43.5 Å². The number of halogens is 2. The third-order valence-electron chi connectivity index (χ3n) is 4.37. The first-order valence-corrected chi connectivity index (χ1v) is 9.78. The van der Waals surface area contributed by atoms with Gasteiger partial charge in [-0.3, -0.25) is 9.59 Å². The maximum absolute atomic E-state index is 13.6. The average molecular weight is 429 g/mol. The second-order valence-corrected chi connectivity index (χ2v) is 7.48. The molecule has 5 nitrogen and oxygen atoms in total. The quantitative estimate of drug-likeness (QED) is 0.584. The van der Waals surface area contributed by atoms with E-state index in [-0.39, 0.29) is 22.0 Å². The van der Waals surface area contributed by atoms with Crippen LogP contribution in [0.25, 0.3) is 5.57 Å². The number of thiophene rings is 1. The van der Waals surface area contributed by atoms with Crippen LogP contribution in [-0.2, 0) is 9.59 Å². The molecule has 1 aromatic heterocycles. The van der Waals surface area contributed by atoms with Gasteiger partial charge < -0.3 is 10.1 Å². The van der Waals surface area contributed by atoms with E-state index in [1.807, 2.05) is 5.38 Å².